The average Bonchev–Trinajstić information content (AvgIpc) is 2.71. The number of nitrogens with zero attached hydrogens (tertiary/aromatic N) is 2. The number of hydrogen-bond acceptors (Lipinski definition) is 3. The molecule has 1 aromatic carbocycles. The highest BCUT2D eigenvalue weighted by Gasteiger charge is 2.11. The van der Waals surface area contributed by atoms with Gasteiger partial charge in [-0.2, -0.15) is 5.10 Å². The monoisotopic (exact) mass is 259 g/mol. The summed E-state index contributed by atoms with van der Waals surface area (Å²) in [6.45, 7) is 4.05. The van der Waals surface area contributed by atoms with Gasteiger partial charge in [-0.1, -0.05) is 12.1 Å². The average molecular weight is 259 g/mol. The van der Waals surface area contributed by atoms with Gasteiger partial charge in [0.05, 0.1) is 17.8 Å². The van der Waals surface area contributed by atoms with Gasteiger partial charge in [-0.05, 0) is 31.0 Å². The van der Waals surface area contributed by atoms with Gasteiger partial charge in [0.25, 0.3) is 0 Å². The van der Waals surface area contributed by atoms with Crippen LogP contribution in [0.15, 0.2) is 24.3 Å². The predicted octanol–water partition coefficient (Wildman–Crippen LogP) is 2.09. The number of benzene rings is 1. The molecular weight excluding hydrogens is 242 g/mol. The van der Waals surface area contributed by atoms with Gasteiger partial charge in [0.1, 0.15) is 5.82 Å². The zero-order valence-corrected chi connectivity index (χ0v) is 11.1. The molecule has 1 aromatic heterocycles. The number of carboxylic acids is 1. The van der Waals surface area contributed by atoms with Crippen LogP contribution < -0.4 is 5.73 Å². The number of carboxylic acid groups (broad SMARTS) is 1. The molecule has 1 heterocycles. The molecule has 0 saturated heterocycles. The van der Waals surface area contributed by atoms with Crippen LogP contribution in [0.25, 0.3) is 5.69 Å². The highest BCUT2D eigenvalue weighted by molar-refractivity contribution is 5.67. The standard InChI is InChI=1S/C14H17N3O2/c1-9-4-3-5-12(10(9)2)17-13(15)8-11(16-17)6-7-14(18)19/h3-5,8H,6-7,15H2,1-2H3,(H,18,19). The molecule has 0 radical (unpaired) electrons. The molecule has 2 aromatic rings. The number of carbonyl (C=O) groups is 1. The van der Waals surface area contributed by atoms with Gasteiger partial charge < -0.3 is 10.8 Å². The third-order valence-corrected chi connectivity index (χ3v) is 3.19. The van der Waals surface area contributed by atoms with Crippen LogP contribution in [0.3, 0.4) is 0 Å². The van der Waals surface area contributed by atoms with Gasteiger partial charge in [-0.25, -0.2) is 4.68 Å². The molecule has 2 rings (SSSR count). The molecule has 0 aliphatic heterocycles. The van der Waals surface area contributed by atoms with E-state index < -0.39 is 5.97 Å². The minimum atomic E-state index is -0.833. The second kappa shape index (κ2) is 5.14. The Hall–Kier alpha value is -2.30. The van der Waals surface area contributed by atoms with Crippen molar-refractivity contribution in [1.29, 1.82) is 0 Å². The number of hydrogen-bond donors (Lipinski definition) is 2. The number of aromatic nitrogens is 2. The maximum atomic E-state index is 10.6. The quantitative estimate of drug-likeness (QED) is 0.880. The SMILES string of the molecule is Cc1cccc(-n2nc(CCC(=O)O)cc2N)c1C. The van der Waals surface area contributed by atoms with Crippen molar-refractivity contribution in [3.05, 3.63) is 41.1 Å². The van der Waals surface area contributed by atoms with Crippen LogP contribution >= 0.6 is 0 Å². The van der Waals surface area contributed by atoms with Crippen LogP contribution in [0.2, 0.25) is 0 Å². The van der Waals surface area contributed by atoms with E-state index in [1.165, 1.54) is 5.56 Å². The van der Waals surface area contributed by atoms with E-state index in [1.54, 1.807) is 10.7 Å². The lowest BCUT2D eigenvalue weighted by Gasteiger charge is -2.09. The Morgan fingerprint density at radius 2 is 2.16 bits per heavy atom. The largest absolute Gasteiger partial charge is 0.481 e. The van der Waals surface area contributed by atoms with Crippen LogP contribution in [-0.4, -0.2) is 20.9 Å². The van der Waals surface area contributed by atoms with E-state index in [1.807, 2.05) is 32.0 Å². The Morgan fingerprint density at radius 3 is 2.84 bits per heavy atom. The lowest BCUT2D eigenvalue weighted by atomic mass is 10.1. The van der Waals surface area contributed by atoms with Crippen LogP contribution in [0.1, 0.15) is 23.2 Å². The highest BCUT2D eigenvalue weighted by atomic mass is 16.4. The van der Waals surface area contributed by atoms with Gasteiger partial charge in [0.2, 0.25) is 0 Å². The van der Waals surface area contributed by atoms with E-state index in [0.717, 1.165) is 11.3 Å². The van der Waals surface area contributed by atoms with E-state index in [2.05, 4.69) is 5.10 Å². The Bertz CT molecular complexity index is 617. The van der Waals surface area contributed by atoms with Crippen molar-refractivity contribution in [2.75, 3.05) is 5.73 Å². The third kappa shape index (κ3) is 2.76. The Balaban J connectivity index is 2.35. The number of anilines is 1. The van der Waals surface area contributed by atoms with E-state index in [-0.39, 0.29) is 6.42 Å². The first-order valence-corrected chi connectivity index (χ1v) is 6.12. The summed E-state index contributed by atoms with van der Waals surface area (Å²) in [5.41, 5.74) is 9.86. The summed E-state index contributed by atoms with van der Waals surface area (Å²) < 4.78 is 1.67. The summed E-state index contributed by atoms with van der Waals surface area (Å²) in [4.78, 5) is 10.6. The molecule has 0 unspecified atom stereocenters. The molecule has 0 amide bonds. The van der Waals surface area contributed by atoms with Gasteiger partial charge in [-0.3, -0.25) is 4.79 Å². The first-order valence-electron chi connectivity index (χ1n) is 6.12. The fourth-order valence-corrected chi connectivity index (χ4v) is 1.96. The molecule has 0 bridgehead atoms. The summed E-state index contributed by atoms with van der Waals surface area (Å²) in [5.74, 6) is -0.311. The summed E-state index contributed by atoms with van der Waals surface area (Å²) in [5, 5.41) is 13.1. The Morgan fingerprint density at radius 1 is 1.42 bits per heavy atom. The Labute approximate surface area is 111 Å². The smallest absolute Gasteiger partial charge is 0.303 e. The fraction of sp³-hybridized carbons (Fsp3) is 0.286. The first kappa shape index (κ1) is 13.1. The lowest BCUT2D eigenvalue weighted by Crippen LogP contribution is -2.05. The molecule has 19 heavy (non-hydrogen) atoms. The van der Waals surface area contributed by atoms with Gasteiger partial charge in [0.15, 0.2) is 0 Å². The molecule has 0 atom stereocenters. The molecule has 0 fully saturated rings. The molecule has 0 aliphatic carbocycles. The topological polar surface area (TPSA) is 81.1 Å². The summed E-state index contributed by atoms with van der Waals surface area (Å²) in [6, 6.07) is 7.66. The summed E-state index contributed by atoms with van der Waals surface area (Å²) in [7, 11) is 0. The fourth-order valence-electron chi connectivity index (χ4n) is 1.96. The predicted molar refractivity (Wildman–Crippen MR) is 73.4 cm³/mol. The zero-order valence-electron chi connectivity index (χ0n) is 11.1. The number of aliphatic carboxylic acids is 1. The second-order valence-corrected chi connectivity index (χ2v) is 4.59. The molecule has 3 N–H and O–H groups in total. The first-order chi connectivity index (χ1) is 8.99. The number of aryl methyl sites for hydroxylation is 2. The summed E-state index contributed by atoms with van der Waals surface area (Å²) in [6.07, 6.45) is 0.445. The normalized spacial score (nSPS) is 10.6. The van der Waals surface area contributed by atoms with Gasteiger partial charge in [0, 0.05) is 12.5 Å². The second-order valence-electron chi connectivity index (χ2n) is 4.59. The van der Waals surface area contributed by atoms with Crippen LogP contribution in [-0.2, 0) is 11.2 Å². The van der Waals surface area contributed by atoms with Crippen molar-refractivity contribution in [3.63, 3.8) is 0 Å². The van der Waals surface area contributed by atoms with E-state index in [4.69, 9.17) is 10.8 Å². The van der Waals surface area contributed by atoms with Crippen molar-refractivity contribution in [2.45, 2.75) is 26.7 Å². The van der Waals surface area contributed by atoms with E-state index in [0.29, 0.717) is 17.9 Å². The number of rotatable bonds is 4. The molecule has 0 aliphatic rings. The molecule has 100 valence electrons. The van der Waals surface area contributed by atoms with Crippen LogP contribution in [0.5, 0.6) is 0 Å². The summed E-state index contributed by atoms with van der Waals surface area (Å²) >= 11 is 0. The van der Waals surface area contributed by atoms with Crippen LogP contribution in [0.4, 0.5) is 5.82 Å². The number of nitrogen functional groups attached to an aromatic ring is 1. The van der Waals surface area contributed by atoms with Crippen molar-refractivity contribution in [2.24, 2.45) is 0 Å². The molecule has 5 nitrogen and oxygen atoms in total. The van der Waals surface area contributed by atoms with Crippen molar-refractivity contribution >= 4 is 11.8 Å². The Kier molecular flexibility index (Phi) is 3.55. The van der Waals surface area contributed by atoms with Crippen molar-refractivity contribution < 1.29 is 9.90 Å². The minimum Gasteiger partial charge on any atom is -0.481 e. The van der Waals surface area contributed by atoms with Crippen LogP contribution in [0, 0.1) is 13.8 Å². The minimum absolute atomic E-state index is 0.0588. The van der Waals surface area contributed by atoms with E-state index in [9.17, 15) is 4.79 Å². The number of nitrogens with two attached hydrogens (primary N) is 1. The highest BCUT2D eigenvalue weighted by Crippen LogP contribution is 2.21. The molecule has 5 heteroatoms. The third-order valence-electron chi connectivity index (χ3n) is 3.19. The maximum Gasteiger partial charge on any atom is 0.303 e. The van der Waals surface area contributed by atoms with Gasteiger partial charge in [-0.15, -0.1) is 0 Å². The molecule has 0 saturated carbocycles. The molecule has 0 spiro atoms. The van der Waals surface area contributed by atoms with E-state index >= 15 is 0 Å². The lowest BCUT2D eigenvalue weighted by molar-refractivity contribution is -0.136. The van der Waals surface area contributed by atoms with Gasteiger partial charge >= 0.3 is 5.97 Å². The zero-order chi connectivity index (χ0) is 14.0. The maximum absolute atomic E-state index is 10.6. The van der Waals surface area contributed by atoms with Crippen molar-refractivity contribution in [1.82, 2.24) is 9.78 Å². The molecular formula is C14H17N3O2. The van der Waals surface area contributed by atoms with Crippen molar-refractivity contribution in [3.8, 4) is 5.69 Å².